The third-order valence-corrected chi connectivity index (χ3v) is 4.89. The number of aromatic amines is 1. The van der Waals surface area contributed by atoms with Gasteiger partial charge < -0.3 is 20.4 Å². The second-order valence-corrected chi connectivity index (χ2v) is 6.97. The van der Waals surface area contributed by atoms with Crippen LogP contribution in [0.1, 0.15) is 36.2 Å². The number of esters is 1. The third kappa shape index (κ3) is 3.54. The van der Waals surface area contributed by atoms with Crippen LogP contribution in [0.2, 0.25) is 0 Å². The van der Waals surface area contributed by atoms with E-state index in [1.807, 2.05) is 12.1 Å². The fourth-order valence-corrected chi connectivity index (χ4v) is 3.42. The standard InChI is InChI=1S/C18H20N4O4/c23-16(5-10-6-17(24)26-9-10)20-11-7-12(8-11)21-18(25)15-2-1-13-14(22-15)3-4-19-13/h1-4,10-12,19H,5-9H2,(H,20,23)(H,21,25). The minimum atomic E-state index is -0.236. The number of hydrogen-bond acceptors (Lipinski definition) is 5. The Labute approximate surface area is 149 Å². The average Bonchev–Trinajstić information content (AvgIpc) is 3.20. The summed E-state index contributed by atoms with van der Waals surface area (Å²) < 4.78 is 4.86. The van der Waals surface area contributed by atoms with Gasteiger partial charge >= 0.3 is 5.97 Å². The number of hydrogen-bond donors (Lipinski definition) is 3. The van der Waals surface area contributed by atoms with E-state index in [2.05, 4.69) is 20.6 Å². The molecule has 1 unspecified atom stereocenters. The van der Waals surface area contributed by atoms with E-state index in [-0.39, 0.29) is 35.8 Å². The van der Waals surface area contributed by atoms with Gasteiger partial charge in [0.15, 0.2) is 0 Å². The van der Waals surface area contributed by atoms with E-state index in [9.17, 15) is 14.4 Å². The fourth-order valence-electron chi connectivity index (χ4n) is 3.42. The van der Waals surface area contributed by atoms with Crippen LogP contribution < -0.4 is 10.6 Å². The lowest BCUT2D eigenvalue weighted by Gasteiger charge is -2.36. The number of amides is 2. The molecule has 0 aromatic carbocycles. The van der Waals surface area contributed by atoms with Crippen molar-refractivity contribution in [1.29, 1.82) is 0 Å². The highest BCUT2D eigenvalue weighted by Crippen LogP contribution is 2.22. The number of ether oxygens (including phenoxy) is 1. The maximum Gasteiger partial charge on any atom is 0.306 e. The lowest BCUT2D eigenvalue weighted by Crippen LogP contribution is -2.54. The van der Waals surface area contributed by atoms with Gasteiger partial charge in [0.2, 0.25) is 5.91 Å². The number of nitrogens with zero attached hydrogens (tertiary/aromatic N) is 1. The first-order valence-electron chi connectivity index (χ1n) is 8.77. The van der Waals surface area contributed by atoms with Crippen LogP contribution in [0.5, 0.6) is 0 Å². The minimum absolute atomic E-state index is 0.0208. The van der Waals surface area contributed by atoms with Gasteiger partial charge in [-0.05, 0) is 31.0 Å². The first kappa shape index (κ1) is 16.6. The summed E-state index contributed by atoms with van der Waals surface area (Å²) in [4.78, 5) is 42.7. The molecule has 4 rings (SSSR count). The molecular weight excluding hydrogens is 336 g/mol. The Morgan fingerprint density at radius 2 is 2.00 bits per heavy atom. The van der Waals surface area contributed by atoms with Gasteiger partial charge in [0.1, 0.15) is 5.69 Å². The number of carbonyl (C=O) groups is 3. The van der Waals surface area contributed by atoms with Crippen LogP contribution in [-0.4, -0.2) is 46.4 Å². The summed E-state index contributed by atoms with van der Waals surface area (Å²) in [6.45, 7) is 0.327. The summed E-state index contributed by atoms with van der Waals surface area (Å²) in [5.74, 6) is -0.527. The molecule has 2 fully saturated rings. The second-order valence-electron chi connectivity index (χ2n) is 6.97. The molecule has 8 heteroatoms. The van der Waals surface area contributed by atoms with Gasteiger partial charge in [0.25, 0.3) is 5.91 Å². The van der Waals surface area contributed by atoms with Crippen LogP contribution in [0.15, 0.2) is 24.4 Å². The molecule has 1 saturated heterocycles. The van der Waals surface area contributed by atoms with E-state index < -0.39 is 0 Å². The number of cyclic esters (lactones) is 1. The van der Waals surface area contributed by atoms with Crippen LogP contribution in [0.3, 0.4) is 0 Å². The number of fused-ring (bicyclic) bond motifs is 1. The van der Waals surface area contributed by atoms with Crippen molar-refractivity contribution < 1.29 is 19.1 Å². The molecule has 26 heavy (non-hydrogen) atoms. The van der Waals surface area contributed by atoms with Crippen molar-refractivity contribution in [2.45, 2.75) is 37.8 Å². The molecule has 3 N–H and O–H groups in total. The van der Waals surface area contributed by atoms with Crippen LogP contribution in [0.25, 0.3) is 11.0 Å². The zero-order chi connectivity index (χ0) is 18.1. The number of rotatable bonds is 5. The Morgan fingerprint density at radius 1 is 1.19 bits per heavy atom. The van der Waals surface area contributed by atoms with E-state index >= 15 is 0 Å². The number of nitrogens with one attached hydrogen (secondary N) is 3. The zero-order valence-electron chi connectivity index (χ0n) is 14.2. The predicted octanol–water partition coefficient (Wildman–Crippen LogP) is 0.893. The molecule has 3 heterocycles. The molecular formula is C18H20N4O4. The van der Waals surface area contributed by atoms with Crippen molar-refractivity contribution in [3.8, 4) is 0 Å². The number of carbonyl (C=O) groups excluding carboxylic acids is 3. The molecule has 0 radical (unpaired) electrons. The molecule has 8 nitrogen and oxygen atoms in total. The van der Waals surface area contributed by atoms with E-state index in [1.54, 1.807) is 12.3 Å². The van der Waals surface area contributed by atoms with Gasteiger partial charge in [-0.1, -0.05) is 0 Å². The molecule has 1 aliphatic heterocycles. The smallest absolute Gasteiger partial charge is 0.306 e. The first-order chi connectivity index (χ1) is 12.6. The van der Waals surface area contributed by atoms with Crippen molar-refractivity contribution in [3.05, 3.63) is 30.1 Å². The minimum Gasteiger partial charge on any atom is -0.465 e. The summed E-state index contributed by atoms with van der Waals surface area (Å²) in [6.07, 6.45) is 3.80. The highest BCUT2D eigenvalue weighted by Gasteiger charge is 2.33. The molecule has 0 bridgehead atoms. The summed E-state index contributed by atoms with van der Waals surface area (Å²) in [5.41, 5.74) is 2.03. The quantitative estimate of drug-likeness (QED) is 0.689. The fraction of sp³-hybridized carbons (Fsp3) is 0.444. The van der Waals surface area contributed by atoms with Gasteiger partial charge in [0.05, 0.1) is 24.1 Å². The maximum atomic E-state index is 12.3. The van der Waals surface area contributed by atoms with Crippen LogP contribution >= 0.6 is 0 Å². The van der Waals surface area contributed by atoms with Gasteiger partial charge in [-0.25, -0.2) is 4.98 Å². The van der Waals surface area contributed by atoms with Gasteiger partial charge in [0, 0.05) is 30.6 Å². The summed E-state index contributed by atoms with van der Waals surface area (Å²) in [6, 6.07) is 5.44. The Morgan fingerprint density at radius 3 is 2.77 bits per heavy atom. The van der Waals surface area contributed by atoms with Gasteiger partial charge in [-0.15, -0.1) is 0 Å². The molecule has 136 valence electrons. The first-order valence-corrected chi connectivity index (χ1v) is 8.77. The van der Waals surface area contributed by atoms with E-state index in [4.69, 9.17) is 4.74 Å². The Hall–Kier alpha value is -2.90. The Bertz CT molecular complexity index is 856. The lowest BCUT2D eigenvalue weighted by molar-refractivity contribution is -0.138. The monoisotopic (exact) mass is 356 g/mol. The number of H-pyrrole nitrogens is 1. The van der Waals surface area contributed by atoms with E-state index in [1.165, 1.54) is 0 Å². The molecule has 1 atom stereocenters. The zero-order valence-corrected chi connectivity index (χ0v) is 14.2. The average molecular weight is 356 g/mol. The number of aromatic nitrogens is 2. The predicted molar refractivity (Wildman–Crippen MR) is 92.2 cm³/mol. The summed E-state index contributed by atoms with van der Waals surface area (Å²) >= 11 is 0. The Kier molecular flexibility index (Phi) is 4.32. The summed E-state index contributed by atoms with van der Waals surface area (Å²) in [5, 5.41) is 5.89. The summed E-state index contributed by atoms with van der Waals surface area (Å²) in [7, 11) is 0. The van der Waals surface area contributed by atoms with Crippen molar-refractivity contribution in [3.63, 3.8) is 0 Å². The van der Waals surface area contributed by atoms with Crippen LogP contribution in [0.4, 0.5) is 0 Å². The maximum absolute atomic E-state index is 12.3. The van der Waals surface area contributed by atoms with Crippen molar-refractivity contribution >= 4 is 28.8 Å². The Balaban J connectivity index is 1.21. The molecule has 0 spiro atoms. The van der Waals surface area contributed by atoms with Crippen molar-refractivity contribution in [1.82, 2.24) is 20.6 Å². The topological polar surface area (TPSA) is 113 Å². The van der Waals surface area contributed by atoms with Crippen LogP contribution in [-0.2, 0) is 14.3 Å². The normalized spacial score (nSPS) is 24.8. The molecule has 2 aromatic heterocycles. The lowest BCUT2D eigenvalue weighted by atomic mass is 9.86. The largest absolute Gasteiger partial charge is 0.465 e. The molecule has 2 aliphatic rings. The van der Waals surface area contributed by atoms with E-state index in [0.717, 1.165) is 11.0 Å². The molecule has 1 saturated carbocycles. The van der Waals surface area contributed by atoms with Gasteiger partial charge in [-0.3, -0.25) is 14.4 Å². The van der Waals surface area contributed by atoms with Crippen molar-refractivity contribution in [2.75, 3.05) is 6.61 Å². The highest BCUT2D eigenvalue weighted by atomic mass is 16.5. The number of pyridine rings is 1. The van der Waals surface area contributed by atoms with E-state index in [0.29, 0.717) is 38.0 Å². The third-order valence-electron chi connectivity index (χ3n) is 4.89. The molecule has 1 aliphatic carbocycles. The van der Waals surface area contributed by atoms with Crippen LogP contribution in [0, 0.1) is 5.92 Å². The second kappa shape index (κ2) is 6.78. The van der Waals surface area contributed by atoms with Gasteiger partial charge in [-0.2, -0.15) is 0 Å². The molecule has 2 aromatic rings. The van der Waals surface area contributed by atoms with Crippen molar-refractivity contribution in [2.24, 2.45) is 5.92 Å². The SMILES string of the molecule is O=C(CC1COC(=O)C1)NC1CC(NC(=O)c2ccc3[nH]ccc3n2)C1. The molecule has 2 amide bonds. The highest BCUT2D eigenvalue weighted by molar-refractivity contribution is 5.94.